The molecule has 0 aliphatic carbocycles. The van der Waals surface area contributed by atoms with E-state index < -0.39 is 5.97 Å². The van der Waals surface area contributed by atoms with Crippen LogP contribution in [0.3, 0.4) is 0 Å². The molecule has 1 heterocycles. The van der Waals surface area contributed by atoms with Crippen LogP contribution in [0.5, 0.6) is 0 Å². The highest BCUT2D eigenvalue weighted by molar-refractivity contribution is 6.33. The normalized spacial score (nSPS) is 9.00. The average Bonchev–Trinajstić information content (AvgIpc) is 2.34. The van der Waals surface area contributed by atoms with E-state index in [1.807, 2.05) is 13.8 Å². The maximum atomic E-state index is 11.3. The Kier molecular flexibility index (Phi) is 6.97. The van der Waals surface area contributed by atoms with Crippen molar-refractivity contribution in [3.63, 3.8) is 0 Å². The predicted molar refractivity (Wildman–Crippen MR) is 71.0 cm³/mol. The van der Waals surface area contributed by atoms with Gasteiger partial charge in [0, 0.05) is 6.92 Å². The molecule has 0 fully saturated rings. The first kappa shape index (κ1) is 16.4. The molecule has 0 bridgehead atoms. The van der Waals surface area contributed by atoms with E-state index in [4.69, 9.17) is 11.6 Å². The minimum atomic E-state index is -0.609. The zero-order valence-electron chi connectivity index (χ0n) is 11.1. The number of halogens is 1. The van der Waals surface area contributed by atoms with Crippen molar-refractivity contribution in [2.45, 2.75) is 27.7 Å². The number of nitrogens with one attached hydrogen (secondary N) is 1. The SMILES string of the molecule is CC.COC(=O)c1nc(C)c(NC(C)=O)cc1Cl. The van der Waals surface area contributed by atoms with Crippen LogP contribution < -0.4 is 5.32 Å². The Balaban J connectivity index is 0.00000137. The van der Waals surface area contributed by atoms with Crippen LogP contribution in [0.15, 0.2) is 6.07 Å². The smallest absolute Gasteiger partial charge is 0.358 e. The Labute approximate surface area is 112 Å². The predicted octanol–water partition coefficient (Wildman–Crippen LogP) is 2.81. The van der Waals surface area contributed by atoms with E-state index in [0.29, 0.717) is 11.4 Å². The molecule has 0 aliphatic rings. The zero-order chi connectivity index (χ0) is 14.3. The fourth-order valence-electron chi connectivity index (χ4n) is 1.14. The number of hydrogen-bond acceptors (Lipinski definition) is 4. The Morgan fingerprint density at radius 3 is 2.39 bits per heavy atom. The van der Waals surface area contributed by atoms with E-state index in [2.05, 4.69) is 15.0 Å². The van der Waals surface area contributed by atoms with Gasteiger partial charge >= 0.3 is 5.97 Å². The van der Waals surface area contributed by atoms with Crippen molar-refractivity contribution >= 4 is 29.2 Å². The summed E-state index contributed by atoms with van der Waals surface area (Å²) in [5.74, 6) is -0.839. The average molecular weight is 273 g/mol. The molecule has 1 rings (SSSR count). The highest BCUT2D eigenvalue weighted by Gasteiger charge is 2.15. The van der Waals surface area contributed by atoms with Crippen LogP contribution in [0.1, 0.15) is 37.0 Å². The highest BCUT2D eigenvalue weighted by Crippen LogP contribution is 2.22. The van der Waals surface area contributed by atoms with Crippen molar-refractivity contribution in [2.24, 2.45) is 0 Å². The number of anilines is 1. The minimum Gasteiger partial charge on any atom is -0.464 e. The third kappa shape index (κ3) is 4.33. The molecule has 1 aromatic rings. The topological polar surface area (TPSA) is 68.3 Å². The van der Waals surface area contributed by atoms with Gasteiger partial charge in [0.1, 0.15) is 0 Å². The van der Waals surface area contributed by atoms with Crippen LogP contribution >= 0.6 is 11.6 Å². The van der Waals surface area contributed by atoms with Gasteiger partial charge in [0.05, 0.1) is 23.5 Å². The Morgan fingerprint density at radius 1 is 1.39 bits per heavy atom. The summed E-state index contributed by atoms with van der Waals surface area (Å²) >= 11 is 5.84. The lowest BCUT2D eigenvalue weighted by Crippen LogP contribution is -2.11. The van der Waals surface area contributed by atoms with Gasteiger partial charge in [-0.15, -0.1) is 0 Å². The van der Waals surface area contributed by atoms with Gasteiger partial charge in [-0.1, -0.05) is 25.4 Å². The molecule has 0 saturated heterocycles. The monoisotopic (exact) mass is 272 g/mol. The van der Waals surface area contributed by atoms with Crippen molar-refractivity contribution in [1.29, 1.82) is 0 Å². The van der Waals surface area contributed by atoms with Crippen molar-refractivity contribution in [3.8, 4) is 0 Å². The van der Waals surface area contributed by atoms with Crippen LogP contribution in [-0.4, -0.2) is 24.0 Å². The second-order valence-electron chi connectivity index (χ2n) is 3.12. The lowest BCUT2D eigenvalue weighted by Gasteiger charge is -2.08. The fraction of sp³-hybridized carbons (Fsp3) is 0.417. The molecular formula is C12H17ClN2O3. The van der Waals surface area contributed by atoms with Crippen molar-refractivity contribution in [3.05, 3.63) is 22.5 Å². The molecular weight excluding hydrogens is 256 g/mol. The molecule has 0 atom stereocenters. The summed E-state index contributed by atoms with van der Waals surface area (Å²) in [6, 6.07) is 1.47. The molecule has 18 heavy (non-hydrogen) atoms. The summed E-state index contributed by atoms with van der Waals surface area (Å²) in [4.78, 5) is 26.1. The van der Waals surface area contributed by atoms with E-state index in [-0.39, 0.29) is 16.6 Å². The largest absolute Gasteiger partial charge is 0.464 e. The first-order valence-electron chi connectivity index (χ1n) is 5.48. The summed E-state index contributed by atoms with van der Waals surface area (Å²) in [7, 11) is 1.25. The quantitative estimate of drug-likeness (QED) is 0.841. The minimum absolute atomic E-state index is 0.0377. The molecule has 1 aromatic heterocycles. The second kappa shape index (κ2) is 7.66. The van der Waals surface area contributed by atoms with Gasteiger partial charge in [0.2, 0.25) is 5.91 Å². The molecule has 0 spiro atoms. The second-order valence-corrected chi connectivity index (χ2v) is 3.53. The molecule has 0 unspecified atom stereocenters. The summed E-state index contributed by atoms with van der Waals surface area (Å²) in [6.45, 7) is 7.04. The number of methoxy groups -OCH3 is 1. The molecule has 100 valence electrons. The molecule has 0 saturated carbocycles. The van der Waals surface area contributed by atoms with E-state index >= 15 is 0 Å². The number of aryl methyl sites for hydroxylation is 1. The summed E-state index contributed by atoms with van der Waals surface area (Å²) in [5, 5.41) is 2.70. The Hall–Kier alpha value is -1.62. The molecule has 1 N–H and O–H groups in total. The molecule has 5 nitrogen and oxygen atoms in total. The summed E-state index contributed by atoms with van der Waals surface area (Å²) in [5.41, 5.74) is 1.01. The van der Waals surface area contributed by atoms with Gasteiger partial charge in [0.15, 0.2) is 5.69 Å². The molecule has 0 aliphatic heterocycles. The fourth-order valence-corrected chi connectivity index (χ4v) is 1.37. The zero-order valence-corrected chi connectivity index (χ0v) is 11.9. The van der Waals surface area contributed by atoms with Gasteiger partial charge in [-0.3, -0.25) is 4.79 Å². The number of carbonyl (C=O) groups excluding carboxylic acids is 2. The third-order valence-electron chi connectivity index (χ3n) is 1.86. The number of nitrogens with zero attached hydrogens (tertiary/aromatic N) is 1. The number of hydrogen-bond donors (Lipinski definition) is 1. The van der Waals surface area contributed by atoms with Crippen LogP contribution in [0, 0.1) is 6.92 Å². The maximum Gasteiger partial charge on any atom is 0.358 e. The first-order chi connectivity index (χ1) is 8.45. The molecule has 0 aromatic carbocycles. The number of rotatable bonds is 2. The number of carbonyl (C=O) groups is 2. The number of aromatic nitrogens is 1. The van der Waals surface area contributed by atoms with Crippen LogP contribution in [0.2, 0.25) is 5.02 Å². The first-order valence-corrected chi connectivity index (χ1v) is 5.86. The molecule has 0 radical (unpaired) electrons. The van der Waals surface area contributed by atoms with Crippen molar-refractivity contribution < 1.29 is 14.3 Å². The van der Waals surface area contributed by atoms with Gasteiger partial charge < -0.3 is 10.1 Å². The summed E-state index contributed by atoms with van der Waals surface area (Å²) in [6.07, 6.45) is 0. The van der Waals surface area contributed by atoms with E-state index in [0.717, 1.165) is 0 Å². The van der Waals surface area contributed by atoms with E-state index in [1.54, 1.807) is 6.92 Å². The number of esters is 1. The summed E-state index contributed by atoms with van der Waals surface area (Å²) < 4.78 is 4.52. The molecule has 6 heteroatoms. The van der Waals surface area contributed by atoms with Gasteiger partial charge in [-0.05, 0) is 13.0 Å². The van der Waals surface area contributed by atoms with Gasteiger partial charge in [0.25, 0.3) is 0 Å². The highest BCUT2D eigenvalue weighted by atomic mass is 35.5. The standard InChI is InChI=1S/C10H11ClN2O3.C2H6/c1-5-8(13-6(2)14)4-7(11)9(12-5)10(15)16-3;1-2/h4H,1-3H3,(H,13,14);1-2H3. The maximum absolute atomic E-state index is 11.3. The van der Waals surface area contributed by atoms with Crippen molar-refractivity contribution in [2.75, 3.05) is 12.4 Å². The third-order valence-corrected chi connectivity index (χ3v) is 2.14. The Bertz CT molecular complexity index is 447. The van der Waals surface area contributed by atoms with Gasteiger partial charge in [-0.2, -0.15) is 0 Å². The molecule has 1 amide bonds. The van der Waals surface area contributed by atoms with E-state index in [9.17, 15) is 9.59 Å². The van der Waals surface area contributed by atoms with Crippen molar-refractivity contribution in [1.82, 2.24) is 4.98 Å². The number of ether oxygens (including phenoxy) is 1. The number of amides is 1. The number of pyridine rings is 1. The van der Waals surface area contributed by atoms with E-state index in [1.165, 1.54) is 20.1 Å². The van der Waals surface area contributed by atoms with Crippen LogP contribution in [-0.2, 0) is 9.53 Å². The van der Waals surface area contributed by atoms with Gasteiger partial charge in [-0.25, -0.2) is 9.78 Å². The van der Waals surface area contributed by atoms with Crippen LogP contribution in [0.4, 0.5) is 5.69 Å². The Morgan fingerprint density at radius 2 is 1.94 bits per heavy atom. The lowest BCUT2D eigenvalue weighted by molar-refractivity contribution is -0.114. The lowest BCUT2D eigenvalue weighted by atomic mass is 10.2. The van der Waals surface area contributed by atoms with Crippen LogP contribution in [0.25, 0.3) is 0 Å².